The zero-order chi connectivity index (χ0) is 21.0. The van der Waals surface area contributed by atoms with Crippen molar-refractivity contribution >= 4 is 43.1 Å². The number of aliphatic hydroxyl groups excluding tert-OH is 1. The van der Waals surface area contributed by atoms with Crippen LogP contribution in [0.5, 0.6) is 0 Å². The third kappa shape index (κ3) is 5.28. The van der Waals surface area contributed by atoms with Gasteiger partial charge in [-0.05, 0) is 6.92 Å². The van der Waals surface area contributed by atoms with Crippen molar-refractivity contribution in [3.8, 4) is 10.6 Å². The Balaban J connectivity index is 2.00. The number of hydrogen-bond donors (Lipinski definition) is 3. The SMILES string of the molecule is C[C@H](CO)Nc1c(C(=O)NCCS(C)(=O)=O)cnc2sc(-c3ccccc3)nc12. The van der Waals surface area contributed by atoms with E-state index in [-0.39, 0.29) is 30.5 Å². The van der Waals surface area contributed by atoms with Crippen molar-refractivity contribution in [3.63, 3.8) is 0 Å². The van der Waals surface area contributed by atoms with Crippen molar-refractivity contribution < 1.29 is 18.3 Å². The average Bonchev–Trinajstić information content (AvgIpc) is 3.12. The van der Waals surface area contributed by atoms with E-state index in [1.54, 1.807) is 6.92 Å². The standard InChI is InChI=1S/C19H22N4O4S2/c1-12(11-24)22-15-14(17(25)20-8-9-29(2,26)27)10-21-19-16(15)23-18(28-19)13-6-4-3-5-7-13/h3-7,10,12,24H,8-9,11H2,1-2H3,(H,20,25)(H,21,22)/t12-/m1/s1. The lowest BCUT2D eigenvalue weighted by Gasteiger charge is -2.16. The Morgan fingerprint density at radius 1 is 1.28 bits per heavy atom. The quantitative estimate of drug-likeness (QED) is 0.495. The Morgan fingerprint density at radius 3 is 2.66 bits per heavy atom. The number of pyridine rings is 1. The molecule has 0 bridgehead atoms. The first kappa shape index (κ1) is 21.2. The van der Waals surface area contributed by atoms with E-state index >= 15 is 0 Å². The van der Waals surface area contributed by atoms with Gasteiger partial charge in [0.1, 0.15) is 25.2 Å². The molecule has 1 atom stereocenters. The molecule has 0 aliphatic rings. The largest absolute Gasteiger partial charge is 0.394 e. The highest BCUT2D eigenvalue weighted by Crippen LogP contribution is 2.34. The number of rotatable bonds is 8. The Morgan fingerprint density at radius 2 is 2.00 bits per heavy atom. The van der Waals surface area contributed by atoms with Crippen molar-refractivity contribution in [2.45, 2.75) is 13.0 Å². The zero-order valence-electron chi connectivity index (χ0n) is 16.0. The van der Waals surface area contributed by atoms with Crippen LogP contribution in [0.3, 0.4) is 0 Å². The van der Waals surface area contributed by atoms with Crippen molar-refractivity contribution in [1.29, 1.82) is 0 Å². The van der Waals surface area contributed by atoms with Crippen LogP contribution in [0.25, 0.3) is 20.9 Å². The van der Waals surface area contributed by atoms with Gasteiger partial charge in [0, 0.05) is 30.6 Å². The first-order valence-electron chi connectivity index (χ1n) is 8.97. The van der Waals surface area contributed by atoms with Crippen molar-refractivity contribution in [2.75, 3.05) is 30.5 Å². The molecule has 0 spiro atoms. The van der Waals surface area contributed by atoms with Crippen LogP contribution in [0.2, 0.25) is 0 Å². The van der Waals surface area contributed by atoms with Crippen LogP contribution in [-0.4, -0.2) is 60.6 Å². The van der Waals surface area contributed by atoms with Gasteiger partial charge in [0.15, 0.2) is 0 Å². The van der Waals surface area contributed by atoms with E-state index in [9.17, 15) is 18.3 Å². The average molecular weight is 435 g/mol. The molecule has 0 saturated heterocycles. The lowest BCUT2D eigenvalue weighted by Crippen LogP contribution is -2.30. The van der Waals surface area contributed by atoms with Crippen LogP contribution in [0.15, 0.2) is 36.5 Å². The van der Waals surface area contributed by atoms with E-state index in [2.05, 4.69) is 20.6 Å². The Labute approximate surface area is 172 Å². The fourth-order valence-electron chi connectivity index (χ4n) is 2.64. The number of carbonyl (C=O) groups excluding carboxylic acids is 1. The molecule has 0 aliphatic heterocycles. The molecule has 3 rings (SSSR count). The summed E-state index contributed by atoms with van der Waals surface area (Å²) >= 11 is 1.41. The number of anilines is 1. The molecule has 1 amide bonds. The van der Waals surface area contributed by atoms with Crippen molar-refractivity contribution in [2.24, 2.45) is 0 Å². The third-order valence-corrected chi connectivity index (χ3v) is 6.07. The van der Waals surface area contributed by atoms with Gasteiger partial charge in [0.2, 0.25) is 0 Å². The van der Waals surface area contributed by atoms with Gasteiger partial charge in [-0.3, -0.25) is 4.79 Å². The number of carbonyl (C=O) groups is 1. The number of nitrogens with one attached hydrogen (secondary N) is 2. The van der Waals surface area contributed by atoms with E-state index in [1.807, 2.05) is 30.3 Å². The Bertz CT molecular complexity index is 1110. The first-order valence-corrected chi connectivity index (χ1v) is 11.8. The van der Waals surface area contributed by atoms with Crippen LogP contribution >= 0.6 is 11.3 Å². The van der Waals surface area contributed by atoms with Gasteiger partial charge in [-0.15, -0.1) is 0 Å². The highest BCUT2D eigenvalue weighted by atomic mass is 32.2. The van der Waals surface area contributed by atoms with Gasteiger partial charge in [-0.2, -0.15) is 0 Å². The van der Waals surface area contributed by atoms with E-state index < -0.39 is 15.7 Å². The van der Waals surface area contributed by atoms with Gasteiger partial charge in [0.25, 0.3) is 5.91 Å². The maximum absolute atomic E-state index is 12.7. The van der Waals surface area contributed by atoms with Gasteiger partial charge in [-0.25, -0.2) is 18.4 Å². The lowest BCUT2D eigenvalue weighted by atomic mass is 10.1. The summed E-state index contributed by atoms with van der Waals surface area (Å²) < 4.78 is 22.6. The Kier molecular flexibility index (Phi) is 6.46. The molecule has 2 aromatic heterocycles. The maximum atomic E-state index is 12.7. The summed E-state index contributed by atoms with van der Waals surface area (Å²) in [6.07, 6.45) is 2.56. The number of nitrogens with zero attached hydrogens (tertiary/aromatic N) is 2. The molecule has 10 heteroatoms. The fourth-order valence-corrected chi connectivity index (χ4v) is 4.03. The van der Waals surface area contributed by atoms with Crippen LogP contribution in [-0.2, 0) is 9.84 Å². The van der Waals surface area contributed by atoms with Gasteiger partial charge < -0.3 is 15.7 Å². The number of benzene rings is 1. The minimum Gasteiger partial charge on any atom is -0.394 e. The minimum atomic E-state index is -3.19. The summed E-state index contributed by atoms with van der Waals surface area (Å²) in [6, 6.07) is 9.33. The number of fused-ring (bicyclic) bond motifs is 1. The highest BCUT2D eigenvalue weighted by Gasteiger charge is 2.20. The monoisotopic (exact) mass is 434 g/mol. The summed E-state index contributed by atoms with van der Waals surface area (Å²) in [4.78, 5) is 22.4. The lowest BCUT2D eigenvalue weighted by molar-refractivity contribution is 0.0956. The second kappa shape index (κ2) is 8.85. The molecule has 8 nitrogen and oxygen atoms in total. The molecule has 0 saturated carbocycles. The molecular weight excluding hydrogens is 412 g/mol. The molecule has 0 unspecified atom stereocenters. The summed E-state index contributed by atoms with van der Waals surface area (Å²) in [5, 5.41) is 16.0. The number of aromatic nitrogens is 2. The predicted octanol–water partition coefficient (Wildman–Crippen LogP) is 1.93. The smallest absolute Gasteiger partial charge is 0.255 e. The molecule has 3 N–H and O–H groups in total. The fraction of sp³-hybridized carbons (Fsp3) is 0.316. The third-order valence-electron chi connectivity index (χ3n) is 4.11. The molecule has 1 aromatic carbocycles. The van der Waals surface area contributed by atoms with Gasteiger partial charge in [0.05, 0.1) is 23.6 Å². The molecule has 0 radical (unpaired) electrons. The van der Waals surface area contributed by atoms with E-state index in [0.717, 1.165) is 16.8 Å². The molecule has 0 aliphatic carbocycles. The van der Waals surface area contributed by atoms with Crippen LogP contribution in [0, 0.1) is 0 Å². The highest BCUT2D eigenvalue weighted by molar-refractivity contribution is 7.90. The number of thiazole rings is 1. The van der Waals surface area contributed by atoms with Crippen molar-refractivity contribution in [1.82, 2.24) is 15.3 Å². The molecule has 2 heterocycles. The van der Waals surface area contributed by atoms with Crippen molar-refractivity contribution in [3.05, 3.63) is 42.1 Å². The van der Waals surface area contributed by atoms with Gasteiger partial charge in [-0.1, -0.05) is 41.7 Å². The number of sulfone groups is 1. The maximum Gasteiger partial charge on any atom is 0.255 e. The van der Waals surface area contributed by atoms with Crippen LogP contribution in [0.1, 0.15) is 17.3 Å². The molecule has 29 heavy (non-hydrogen) atoms. The second-order valence-electron chi connectivity index (χ2n) is 6.70. The summed E-state index contributed by atoms with van der Waals surface area (Å²) in [7, 11) is -3.19. The van der Waals surface area contributed by atoms with E-state index in [4.69, 9.17) is 0 Å². The van der Waals surface area contributed by atoms with Crippen LogP contribution in [0.4, 0.5) is 5.69 Å². The zero-order valence-corrected chi connectivity index (χ0v) is 17.7. The predicted molar refractivity (Wildman–Crippen MR) is 115 cm³/mol. The minimum absolute atomic E-state index is 0.00295. The van der Waals surface area contributed by atoms with E-state index in [1.165, 1.54) is 17.5 Å². The summed E-state index contributed by atoms with van der Waals surface area (Å²) in [5.41, 5.74) is 2.18. The Hall–Kier alpha value is -2.56. The normalized spacial score (nSPS) is 12.7. The number of aliphatic hydroxyl groups is 1. The van der Waals surface area contributed by atoms with Gasteiger partial charge >= 0.3 is 0 Å². The number of amides is 1. The summed E-state index contributed by atoms with van der Waals surface area (Å²) in [6.45, 7) is 1.65. The first-order chi connectivity index (χ1) is 13.8. The number of hydrogen-bond acceptors (Lipinski definition) is 8. The molecule has 0 fully saturated rings. The molecular formula is C19H22N4O4S2. The van der Waals surface area contributed by atoms with E-state index in [0.29, 0.717) is 16.0 Å². The second-order valence-corrected chi connectivity index (χ2v) is 9.94. The molecule has 3 aromatic rings. The molecule has 154 valence electrons. The van der Waals surface area contributed by atoms with Crippen LogP contribution < -0.4 is 10.6 Å². The topological polar surface area (TPSA) is 121 Å². The summed E-state index contributed by atoms with van der Waals surface area (Å²) in [5.74, 6) is -0.607.